The van der Waals surface area contributed by atoms with Crippen LogP contribution in [0.2, 0.25) is 0 Å². The number of carboxylic acids is 1. The topological polar surface area (TPSA) is 78.4 Å². The first kappa shape index (κ1) is 17.3. The summed E-state index contributed by atoms with van der Waals surface area (Å²) in [6.07, 6.45) is -5.46. The van der Waals surface area contributed by atoms with Crippen LogP contribution in [0.4, 0.5) is 23.7 Å². The molecule has 2 amide bonds. The zero-order valence-corrected chi connectivity index (χ0v) is 12.2. The lowest BCUT2D eigenvalue weighted by Crippen LogP contribution is -2.30. The fraction of sp³-hybridized carbons (Fsp3) is 0.333. The number of hydrogen-bond donors (Lipinski definition) is 3. The monoisotopic (exact) mass is 368 g/mol. The maximum absolute atomic E-state index is 11.9. The van der Waals surface area contributed by atoms with Crippen molar-refractivity contribution in [3.05, 3.63) is 28.2 Å². The summed E-state index contributed by atoms with van der Waals surface area (Å²) in [4.78, 5) is 22.3. The van der Waals surface area contributed by atoms with Gasteiger partial charge in [-0.05, 0) is 40.5 Å². The van der Waals surface area contributed by atoms with Crippen molar-refractivity contribution in [2.75, 3.05) is 11.9 Å². The Kier molecular flexibility index (Phi) is 6.01. The molecule has 1 rings (SSSR count). The SMILES string of the molecule is O=C(NCCCC(F)(F)F)Nc1cc(C(=O)O)ccc1Br. The zero-order valence-electron chi connectivity index (χ0n) is 10.6. The van der Waals surface area contributed by atoms with Crippen LogP contribution in [0.5, 0.6) is 0 Å². The van der Waals surface area contributed by atoms with E-state index in [9.17, 15) is 22.8 Å². The molecule has 0 aliphatic rings. The average molecular weight is 369 g/mol. The smallest absolute Gasteiger partial charge is 0.389 e. The second kappa shape index (κ2) is 7.30. The normalized spacial score (nSPS) is 11.0. The summed E-state index contributed by atoms with van der Waals surface area (Å²) in [6, 6.07) is 3.32. The van der Waals surface area contributed by atoms with Gasteiger partial charge >= 0.3 is 18.2 Å². The number of amides is 2. The molecule has 0 aliphatic carbocycles. The highest BCUT2D eigenvalue weighted by Crippen LogP contribution is 2.24. The molecule has 0 spiro atoms. The lowest BCUT2D eigenvalue weighted by atomic mass is 10.2. The second-order valence-electron chi connectivity index (χ2n) is 4.10. The van der Waals surface area contributed by atoms with Gasteiger partial charge in [-0.1, -0.05) is 0 Å². The van der Waals surface area contributed by atoms with Crippen molar-refractivity contribution in [1.82, 2.24) is 5.32 Å². The maximum atomic E-state index is 11.9. The largest absolute Gasteiger partial charge is 0.478 e. The fourth-order valence-electron chi connectivity index (χ4n) is 1.41. The summed E-state index contributed by atoms with van der Waals surface area (Å²) < 4.78 is 36.2. The highest BCUT2D eigenvalue weighted by atomic mass is 79.9. The predicted octanol–water partition coefficient (Wildman–Crippen LogP) is 3.61. The van der Waals surface area contributed by atoms with E-state index in [2.05, 4.69) is 26.6 Å². The van der Waals surface area contributed by atoms with E-state index < -0.39 is 24.6 Å². The van der Waals surface area contributed by atoms with Crippen molar-refractivity contribution in [1.29, 1.82) is 0 Å². The molecule has 0 heterocycles. The molecule has 116 valence electrons. The standard InChI is InChI=1S/C12H12BrF3N2O3/c13-8-3-2-7(10(19)20)6-9(8)18-11(21)17-5-1-4-12(14,15)16/h2-3,6H,1,4-5H2,(H,19,20)(H2,17,18,21). The number of urea groups is 1. The number of carboxylic acid groups (broad SMARTS) is 1. The molecule has 5 nitrogen and oxygen atoms in total. The first-order valence-electron chi connectivity index (χ1n) is 5.83. The quantitative estimate of drug-likeness (QED) is 0.694. The van der Waals surface area contributed by atoms with Gasteiger partial charge in [0.05, 0.1) is 11.3 Å². The molecule has 0 unspecified atom stereocenters. The van der Waals surface area contributed by atoms with E-state index >= 15 is 0 Å². The molecule has 21 heavy (non-hydrogen) atoms. The summed E-state index contributed by atoms with van der Waals surface area (Å²) in [5.41, 5.74) is 0.189. The van der Waals surface area contributed by atoms with Gasteiger partial charge in [0.25, 0.3) is 0 Å². The minimum atomic E-state index is -4.25. The molecule has 0 fully saturated rings. The van der Waals surface area contributed by atoms with Gasteiger partial charge in [0.15, 0.2) is 0 Å². The fourth-order valence-corrected chi connectivity index (χ4v) is 1.76. The molecule has 0 saturated heterocycles. The molecule has 0 atom stereocenters. The van der Waals surface area contributed by atoms with E-state index in [4.69, 9.17) is 5.11 Å². The summed E-state index contributed by atoms with van der Waals surface area (Å²) in [6.45, 7) is -0.137. The summed E-state index contributed by atoms with van der Waals surface area (Å²) in [5, 5.41) is 13.5. The number of carbonyl (C=O) groups is 2. The molecule has 0 bridgehead atoms. The van der Waals surface area contributed by atoms with Gasteiger partial charge in [-0.3, -0.25) is 0 Å². The van der Waals surface area contributed by atoms with Crippen LogP contribution in [0.3, 0.4) is 0 Å². The zero-order chi connectivity index (χ0) is 16.0. The number of rotatable bonds is 5. The van der Waals surface area contributed by atoms with E-state index in [-0.39, 0.29) is 24.2 Å². The minimum absolute atomic E-state index is 0.0226. The van der Waals surface area contributed by atoms with Gasteiger partial charge in [-0.2, -0.15) is 13.2 Å². The van der Waals surface area contributed by atoms with Crippen molar-refractivity contribution < 1.29 is 27.9 Å². The van der Waals surface area contributed by atoms with Crippen molar-refractivity contribution in [2.24, 2.45) is 0 Å². The molecular weight excluding hydrogens is 357 g/mol. The number of aromatic carboxylic acids is 1. The molecule has 3 N–H and O–H groups in total. The van der Waals surface area contributed by atoms with E-state index in [0.717, 1.165) is 0 Å². The van der Waals surface area contributed by atoms with Crippen molar-refractivity contribution in [3.63, 3.8) is 0 Å². The summed E-state index contributed by atoms with van der Waals surface area (Å²) in [5.74, 6) is -1.16. The molecule has 0 radical (unpaired) electrons. The summed E-state index contributed by atoms with van der Waals surface area (Å²) >= 11 is 3.13. The van der Waals surface area contributed by atoms with Crippen LogP contribution in [0, 0.1) is 0 Å². The number of anilines is 1. The molecule has 1 aromatic carbocycles. The Bertz CT molecular complexity index is 535. The number of benzene rings is 1. The highest BCUT2D eigenvalue weighted by Gasteiger charge is 2.25. The third-order valence-electron chi connectivity index (χ3n) is 2.38. The average Bonchev–Trinajstić information content (AvgIpc) is 2.36. The molecule has 0 aromatic heterocycles. The van der Waals surface area contributed by atoms with Crippen molar-refractivity contribution in [2.45, 2.75) is 19.0 Å². The molecule has 1 aromatic rings. The Labute approximate surface area is 126 Å². The van der Waals surface area contributed by atoms with E-state index in [1.807, 2.05) is 0 Å². The highest BCUT2D eigenvalue weighted by molar-refractivity contribution is 9.10. The lowest BCUT2D eigenvalue weighted by molar-refractivity contribution is -0.135. The number of nitrogens with one attached hydrogen (secondary N) is 2. The first-order valence-corrected chi connectivity index (χ1v) is 6.63. The van der Waals surface area contributed by atoms with Gasteiger partial charge in [0.1, 0.15) is 0 Å². The first-order chi connectivity index (χ1) is 9.69. The second-order valence-corrected chi connectivity index (χ2v) is 4.95. The molecular formula is C12H12BrF3N2O3. The van der Waals surface area contributed by atoms with Crippen molar-refractivity contribution in [3.8, 4) is 0 Å². The van der Waals surface area contributed by atoms with Crippen LogP contribution >= 0.6 is 15.9 Å². The molecule has 0 saturated carbocycles. The Balaban J connectivity index is 2.51. The Morgan fingerprint density at radius 3 is 2.52 bits per heavy atom. The van der Waals surface area contributed by atoms with Gasteiger partial charge in [0.2, 0.25) is 0 Å². The number of hydrogen-bond acceptors (Lipinski definition) is 2. The number of carbonyl (C=O) groups excluding carboxylic acids is 1. The number of halogens is 4. The third-order valence-corrected chi connectivity index (χ3v) is 3.08. The Morgan fingerprint density at radius 1 is 1.29 bits per heavy atom. The Morgan fingerprint density at radius 2 is 1.95 bits per heavy atom. The lowest BCUT2D eigenvalue weighted by Gasteiger charge is -2.10. The minimum Gasteiger partial charge on any atom is -0.478 e. The van der Waals surface area contributed by atoms with Crippen molar-refractivity contribution >= 4 is 33.6 Å². The van der Waals surface area contributed by atoms with Crippen LogP contribution in [0.15, 0.2) is 22.7 Å². The van der Waals surface area contributed by atoms with Crippen LogP contribution < -0.4 is 10.6 Å². The van der Waals surface area contributed by atoms with E-state index in [0.29, 0.717) is 4.47 Å². The predicted molar refractivity (Wildman–Crippen MR) is 73.4 cm³/mol. The number of alkyl halides is 3. The molecule has 0 aliphatic heterocycles. The van der Waals surface area contributed by atoms with E-state index in [1.165, 1.54) is 18.2 Å². The van der Waals surface area contributed by atoms with Crippen LogP contribution in [-0.2, 0) is 0 Å². The van der Waals surface area contributed by atoms with Gasteiger partial charge in [-0.25, -0.2) is 9.59 Å². The molecule has 9 heteroatoms. The Hall–Kier alpha value is -1.77. The van der Waals surface area contributed by atoms with Crippen LogP contribution in [-0.4, -0.2) is 29.8 Å². The van der Waals surface area contributed by atoms with Gasteiger partial charge < -0.3 is 15.7 Å². The van der Waals surface area contributed by atoms with Crippen LogP contribution in [0.25, 0.3) is 0 Å². The van der Waals surface area contributed by atoms with Gasteiger partial charge in [-0.15, -0.1) is 0 Å². The maximum Gasteiger partial charge on any atom is 0.389 e. The third kappa shape index (κ3) is 6.48. The van der Waals surface area contributed by atoms with E-state index in [1.54, 1.807) is 0 Å². The van der Waals surface area contributed by atoms with Crippen LogP contribution in [0.1, 0.15) is 23.2 Å². The van der Waals surface area contributed by atoms with Gasteiger partial charge in [0, 0.05) is 17.4 Å². The summed E-state index contributed by atoms with van der Waals surface area (Å²) in [7, 11) is 0.